The predicted molar refractivity (Wildman–Crippen MR) is 130 cm³/mol. The maximum absolute atomic E-state index is 13.8. The maximum Gasteiger partial charge on any atom is 0.297 e. The minimum Gasteiger partial charge on any atom is -0.494 e. The van der Waals surface area contributed by atoms with E-state index in [-0.39, 0.29) is 17.1 Å². The second-order valence-corrected chi connectivity index (χ2v) is 9.26. The molecular weight excluding hydrogens is 436 g/mol. The van der Waals surface area contributed by atoms with Gasteiger partial charge in [0.25, 0.3) is 5.91 Å². The van der Waals surface area contributed by atoms with Gasteiger partial charge in [-0.15, -0.1) is 11.3 Å². The summed E-state index contributed by atoms with van der Waals surface area (Å²) in [6, 6.07) is 12.4. The number of hydrogen-bond donors (Lipinski definition) is 0. The Labute approximate surface area is 195 Å². The van der Waals surface area contributed by atoms with Crippen LogP contribution >= 0.6 is 11.3 Å². The first-order chi connectivity index (χ1) is 15.9. The van der Waals surface area contributed by atoms with Crippen molar-refractivity contribution in [2.45, 2.75) is 40.2 Å². The summed E-state index contributed by atoms with van der Waals surface area (Å²) >= 11 is 1.43. The molecule has 1 aliphatic heterocycles. The Bertz CT molecular complexity index is 1430. The number of amides is 1. The Hall–Kier alpha value is -3.45. The van der Waals surface area contributed by atoms with E-state index in [1.54, 1.807) is 11.0 Å². The van der Waals surface area contributed by atoms with E-state index in [2.05, 4.69) is 4.98 Å². The molecule has 2 aromatic heterocycles. The van der Waals surface area contributed by atoms with Crippen molar-refractivity contribution in [1.29, 1.82) is 0 Å². The molecule has 4 aromatic rings. The highest BCUT2D eigenvalue weighted by Crippen LogP contribution is 2.43. The number of ether oxygens (including phenoxy) is 1. The summed E-state index contributed by atoms with van der Waals surface area (Å²) in [5, 5.41) is 1.03. The highest BCUT2D eigenvalue weighted by Gasteiger charge is 2.45. The van der Waals surface area contributed by atoms with Crippen LogP contribution in [0, 0.1) is 13.8 Å². The Balaban J connectivity index is 1.79. The quantitative estimate of drug-likeness (QED) is 0.389. The molecule has 2 aromatic carbocycles. The molecule has 3 heterocycles. The fourth-order valence-electron chi connectivity index (χ4n) is 4.25. The van der Waals surface area contributed by atoms with Gasteiger partial charge in [-0.2, -0.15) is 0 Å². The van der Waals surface area contributed by atoms with Crippen molar-refractivity contribution < 1.29 is 13.9 Å². The molecule has 1 aliphatic rings. The molecule has 0 N–H and O–H groups in total. The summed E-state index contributed by atoms with van der Waals surface area (Å²) in [5.74, 6) is 0.402. The second kappa shape index (κ2) is 8.15. The van der Waals surface area contributed by atoms with E-state index in [0.717, 1.165) is 28.1 Å². The number of carbonyl (C=O) groups is 1. The number of nitrogens with zero attached hydrogens (tertiary/aromatic N) is 2. The van der Waals surface area contributed by atoms with Crippen molar-refractivity contribution in [3.05, 3.63) is 85.7 Å². The molecule has 0 bridgehead atoms. The zero-order chi connectivity index (χ0) is 23.3. The van der Waals surface area contributed by atoms with E-state index >= 15 is 0 Å². The monoisotopic (exact) mass is 460 g/mol. The van der Waals surface area contributed by atoms with Crippen molar-refractivity contribution in [1.82, 2.24) is 4.98 Å². The number of fused-ring (bicyclic) bond motifs is 2. The van der Waals surface area contributed by atoms with Gasteiger partial charge in [0, 0.05) is 4.88 Å². The number of hydrogen-bond acceptors (Lipinski definition) is 6. The van der Waals surface area contributed by atoms with Crippen LogP contribution in [-0.2, 0) is 6.42 Å². The van der Waals surface area contributed by atoms with E-state index in [0.29, 0.717) is 34.0 Å². The van der Waals surface area contributed by atoms with Crippen molar-refractivity contribution >= 4 is 33.3 Å². The third-order valence-electron chi connectivity index (χ3n) is 6.05. The molecular formula is C26H24N2O4S. The molecule has 33 heavy (non-hydrogen) atoms. The molecule has 5 rings (SSSR count). The first-order valence-corrected chi connectivity index (χ1v) is 11.8. The Morgan fingerprint density at radius 3 is 2.64 bits per heavy atom. The van der Waals surface area contributed by atoms with Gasteiger partial charge in [-0.1, -0.05) is 25.1 Å². The SMILES string of the molecule is CCOc1cccc(C2c3c(oc4ccc(CC)cc4c3=O)C(=O)N2c2nc(C)c(C)s2)c1. The lowest BCUT2D eigenvalue weighted by Gasteiger charge is -2.23. The number of carbonyl (C=O) groups excluding carboxylic acids is 1. The summed E-state index contributed by atoms with van der Waals surface area (Å²) in [4.78, 5) is 34.7. The van der Waals surface area contributed by atoms with E-state index in [1.165, 1.54) is 11.3 Å². The number of thiazole rings is 1. The third kappa shape index (κ3) is 3.43. The zero-order valence-electron chi connectivity index (χ0n) is 19.0. The molecule has 7 heteroatoms. The maximum atomic E-state index is 13.8. The smallest absolute Gasteiger partial charge is 0.297 e. The zero-order valence-corrected chi connectivity index (χ0v) is 19.8. The first-order valence-electron chi connectivity index (χ1n) is 11.0. The summed E-state index contributed by atoms with van der Waals surface area (Å²) in [5.41, 5.74) is 3.25. The van der Waals surface area contributed by atoms with Crippen LogP contribution < -0.4 is 15.1 Å². The van der Waals surface area contributed by atoms with Gasteiger partial charge in [0.1, 0.15) is 11.3 Å². The second-order valence-electron chi connectivity index (χ2n) is 8.08. The Morgan fingerprint density at radius 1 is 1.12 bits per heavy atom. The minimum absolute atomic E-state index is 0.0778. The summed E-state index contributed by atoms with van der Waals surface area (Å²) in [7, 11) is 0. The van der Waals surface area contributed by atoms with Gasteiger partial charge in [-0.3, -0.25) is 14.5 Å². The van der Waals surface area contributed by atoms with Gasteiger partial charge in [0.2, 0.25) is 5.76 Å². The topological polar surface area (TPSA) is 72.6 Å². The molecule has 168 valence electrons. The minimum atomic E-state index is -0.649. The molecule has 0 spiro atoms. The van der Waals surface area contributed by atoms with Crippen molar-refractivity contribution in [2.75, 3.05) is 11.5 Å². The molecule has 6 nitrogen and oxygen atoms in total. The molecule has 0 saturated heterocycles. The van der Waals surface area contributed by atoms with E-state index < -0.39 is 6.04 Å². The van der Waals surface area contributed by atoms with Crippen LogP contribution in [0.4, 0.5) is 5.13 Å². The van der Waals surface area contributed by atoms with E-state index in [9.17, 15) is 9.59 Å². The van der Waals surface area contributed by atoms with Crippen molar-refractivity contribution in [3.63, 3.8) is 0 Å². The fraction of sp³-hybridized carbons (Fsp3) is 0.269. The number of aryl methyl sites for hydroxylation is 3. The predicted octanol–water partition coefficient (Wildman–Crippen LogP) is 5.58. The van der Waals surface area contributed by atoms with Gasteiger partial charge in [-0.25, -0.2) is 4.98 Å². The van der Waals surface area contributed by atoms with Gasteiger partial charge < -0.3 is 9.15 Å². The van der Waals surface area contributed by atoms with Crippen molar-refractivity contribution in [3.8, 4) is 5.75 Å². The highest BCUT2D eigenvalue weighted by atomic mass is 32.1. The average molecular weight is 461 g/mol. The van der Waals surface area contributed by atoms with Crippen LogP contribution in [0.3, 0.4) is 0 Å². The molecule has 1 atom stereocenters. The number of benzene rings is 2. The summed E-state index contributed by atoms with van der Waals surface area (Å²) in [6.07, 6.45) is 0.801. The van der Waals surface area contributed by atoms with E-state index in [4.69, 9.17) is 9.15 Å². The Kier molecular flexibility index (Phi) is 5.29. The number of anilines is 1. The van der Waals surface area contributed by atoms with Gasteiger partial charge in [0.05, 0.1) is 29.3 Å². The number of aromatic nitrogens is 1. The van der Waals surface area contributed by atoms with Crippen LogP contribution in [0.15, 0.2) is 51.7 Å². The largest absolute Gasteiger partial charge is 0.494 e. The highest BCUT2D eigenvalue weighted by molar-refractivity contribution is 7.15. The van der Waals surface area contributed by atoms with Crippen LogP contribution in [0.5, 0.6) is 5.75 Å². The van der Waals surface area contributed by atoms with Gasteiger partial charge in [0.15, 0.2) is 10.6 Å². The molecule has 0 fully saturated rings. The molecule has 1 unspecified atom stereocenters. The van der Waals surface area contributed by atoms with Crippen LogP contribution in [0.25, 0.3) is 11.0 Å². The fourth-order valence-corrected chi connectivity index (χ4v) is 5.19. The third-order valence-corrected chi connectivity index (χ3v) is 7.12. The Morgan fingerprint density at radius 2 is 1.94 bits per heavy atom. The van der Waals surface area contributed by atoms with E-state index in [1.807, 2.05) is 64.1 Å². The summed E-state index contributed by atoms with van der Waals surface area (Å²) in [6.45, 7) is 8.36. The van der Waals surface area contributed by atoms with Gasteiger partial charge >= 0.3 is 0 Å². The lowest BCUT2D eigenvalue weighted by atomic mass is 9.98. The lowest BCUT2D eigenvalue weighted by Crippen LogP contribution is -2.29. The van der Waals surface area contributed by atoms with Crippen LogP contribution in [0.1, 0.15) is 57.7 Å². The normalized spacial score (nSPS) is 15.3. The lowest BCUT2D eigenvalue weighted by molar-refractivity contribution is 0.0971. The molecule has 0 saturated carbocycles. The average Bonchev–Trinajstić information content (AvgIpc) is 3.30. The van der Waals surface area contributed by atoms with Crippen molar-refractivity contribution in [2.24, 2.45) is 0 Å². The van der Waals surface area contributed by atoms with Crippen LogP contribution in [-0.4, -0.2) is 17.5 Å². The first kappa shape index (κ1) is 21.4. The van der Waals surface area contributed by atoms with Gasteiger partial charge in [-0.05, 0) is 62.6 Å². The standard InChI is InChI=1S/C26H24N2O4S/c1-5-16-10-11-20-19(12-16)23(29)21-22(17-8-7-9-18(13-17)31-6-2)28(25(30)24(21)32-20)26-27-14(3)15(4)33-26/h7-13,22H,5-6H2,1-4H3. The molecule has 0 aliphatic carbocycles. The number of rotatable bonds is 5. The van der Waals surface area contributed by atoms with Crippen LogP contribution in [0.2, 0.25) is 0 Å². The molecule has 1 amide bonds. The molecule has 0 radical (unpaired) electrons. The summed E-state index contributed by atoms with van der Waals surface area (Å²) < 4.78 is 11.8.